The Bertz CT molecular complexity index is 1120. The molecule has 2 unspecified atom stereocenters. The largest absolute Gasteiger partial charge is 0.507 e. The fourth-order valence-electron chi connectivity index (χ4n) is 4.91. The summed E-state index contributed by atoms with van der Waals surface area (Å²) in [6, 6.07) is 7.53. The zero-order valence-electron chi connectivity index (χ0n) is 28.4. The van der Waals surface area contributed by atoms with Crippen LogP contribution in [-0.4, -0.2) is 35.4 Å². The minimum Gasteiger partial charge on any atom is -0.507 e. The molecule has 234 valence electrons. The van der Waals surface area contributed by atoms with Crippen molar-refractivity contribution >= 4 is 11.9 Å². The Morgan fingerprint density at radius 3 is 0.952 bits per heavy atom. The van der Waals surface area contributed by atoms with Gasteiger partial charge in [-0.05, 0) is 68.9 Å². The highest BCUT2D eigenvalue weighted by Crippen LogP contribution is 2.42. The first-order valence-corrected chi connectivity index (χ1v) is 15.0. The summed E-state index contributed by atoms with van der Waals surface area (Å²) < 4.78 is 11.0. The van der Waals surface area contributed by atoms with E-state index < -0.39 is 23.8 Å². The zero-order valence-corrected chi connectivity index (χ0v) is 28.4. The van der Waals surface area contributed by atoms with Crippen molar-refractivity contribution in [2.24, 2.45) is 0 Å². The highest BCUT2D eigenvalue weighted by molar-refractivity contribution is 5.79. The molecule has 0 radical (unpaired) electrons. The quantitative estimate of drug-likeness (QED) is 0.252. The molecule has 42 heavy (non-hydrogen) atoms. The molecule has 2 atom stereocenters. The maximum absolute atomic E-state index is 13.0. The van der Waals surface area contributed by atoms with Gasteiger partial charge < -0.3 is 19.7 Å². The molecule has 0 aliphatic heterocycles. The number of rotatable bonds is 7. The molecule has 0 saturated carbocycles. The number of hydrogen-bond donors (Lipinski definition) is 2. The van der Waals surface area contributed by atoms with Crippen LogP contribution in [0.25, 0.3) is 0 Å². The number of benzene rings is 2. The SMILES string of the molecule is CC(C(=O)OCCOC(=O)C(C)c1cc(C(C)(C)C)c(O)c(C(C)(C)C)c1)c1cc(C(C)(C)C)c(O)c(C(C)(C)C)c1. The summed E-state index contributed by atoms with van der Waals surface area (Å²) in [5.41, 5.74) is 3.43. The predicted molar refractivity (Wildman–Crippen MR) is 170 cm³/mol. The molecule has 2 N–H and O–H groups in total. The number of carbonyl (C=O) groups is 2. The molecule has 0 bridgehead atoms. The van der Waals surface area contributed by atoms with E-state index in [1.54, 1.807) is 13.8 Å². The normalized spacial score (nSPS) is 14.3. The van der Waals surface area contributed by atoms with Crippen LogP contribution in [-0.2, 0) is 40.7 Å². The number of phenolic OH excluding ortho intramolecular Hbond substituents is 2. The Labute approximate surface area is 253 Å². The van der Waals surface area contributed by atoms with Crippen molar-refractivity contribution < 1.29 is 29.3 Å². The number of ether oxygens (including phenoxy) is 2. The zero-order chi connectivity index (χ0) is 32.6. The second kappa shape index (κ2) is 12.3. The van der Waals surface area contributed by atoms with Gasteiger partial charge in [0.1, 0.15) is 24.7 Å². The van der Waals surface area contributed by atoms with Crippen molar-refractivity contribution in [2.45, 2.75) is 130 Å². The van der Waals surface area contributed by atoms with Gasteiger partial charge in [0, 0.05) is 0 Å². The van der Waals surface area contributed by atoms with Crippen molar-refractivity contribution in [2.75, 3.05) is 13.2 Å². The standard InChI is InChI=1S/C36H54O6/c1-21(23-17-25(33(3,4)5)29(37)26(18-23)34(6,7)8)31(39)41-15-16-42-32(40)22(2)24-19-27(35(9,10)11)30(38)28(20-24)36(12,13)14/h17-22,37-38H,15-16H2,1-14H3. The second-order valence-electron chi connectivity index (χ2n) is 15.7. The van der Waals surface area contributed by atoms with Crippen molar-refractivity contribution in [1.29, 1.82) is 0 Å². The van der Waals surface area contributed by atoms with Crippen LogP contribution < -0.4 is 0 Å². The van der Waals surface area contributed by atoms with Gasteiger partial charge in [-0.2, -0.15) is 0 Å². The average Bonchev–Trinajstić information content (AvgIpc) is 2.82. The molecule has 0 heterocycles. The van der Waals surface area contributed by atoms with Gasteiger partial charge in [0.15, 0.2) is 0 Å². The first-order valence-electron chi connectivity index (χ1n) is 15.0. The predicted octanol–water partition coefficient (Wildman–Crippen LogP) is 8.28. The molecule has 0 aromatic heterocycles. The first kappa shape index (κ1) is 35.2. The minimum absolute atomic E-state index is 0.0615. The van der Waals surface area contributed by atoms with Gasteiger partial charge in [0.2, 0.25) is 0 Å². The van der Waals surface area contributed by atoms with Gasteiger partial charge in [-0.3, -0.25) is 9.59 Å². The summed E-state index contributed by atoms with van der Waals surface area (Å²) in [6.07, 6.45) is 0. The topological polar surface area (TPSA) is 93.1 Å². The highest BCUT2D eigenvalue weighted by atomic mass is 16.6. The molecule has 0 amide bonds. The number of phenols is 2. The summed E-state index contributed by atoms with van der Waals surface area (Å²) in [5, 5.41) is 22.0. The summed E-state index contributed by atoms with van der Waals surface area (Å²) >= 11 is 0. The van der Waals surface area contributed by atoms with Crippen LogP contribution >= 0.6 is 0 Å². The van der Waals surface area contributed by atoms with Crippen LogP contribution in [0.5, 0.6) is 11.5 Å². The monoisotopic (exact) mass is 582 g/mol. The maximum atomic E-state index is 13.0. The summed E-state index contributed by atoms with van der Waals surface area (Å²) in [4.78, 5) is 26.0. The van der Waals surface area contributed by atoms with E-state index in [0.717, 1.165) is 33.4 Å². The highest BCUT2D eigenvalue weighted by Gasteiger charge is 2.31. The molecule has 0 saturated heterocycles. The van der Waals surface area contributed by atoms with Gasteiger partial charge >= 0.3 is 11.9 Å². The Morgan fingerprint density at radius 2 is 0.762 bits per heavy atom. The minimum atomic E-state index is -0.564. The van der Waals surface area contributed by atoms with Crippen LogP contribution in [0.4, 0.5) is 0 Å². The van der Waals surface area contributed by atoms with E-state index in [4.69, 9.17) is 9.47 Å². The molecule has 2 aromatic rings. The van der Waals surface area contributed by atoms with Crippen molar-refractivity contribution in [1.82, 2.24) is 0 Å². The van der Waals surface area contributed by atoms with E-state index in [0.29, 0.717) is 0 Å². The Balaban J connectivity index is 2.15. The van der Waals surface area contributed by atoms with Crippen LogP contribution in [0, 0.1) is 0 Å². The van der Waals surface area contributed by atoms with E-state index in [9.17, 15) is 19.8 Å². The van der Waals surface area contributed by atoms with Gasteiger partial charge in [-0.1, -0.05) is 107 Å². The maximum Gasteiger partial charge on any atom is 0.313 e. The third-order valence-electron chi connectivity index (χ3n) is 7.78. The molecular formula is C36H54O6. The lowest BCUT2D eigenvalue weighted by Crippen LogP contribution is -2.22. The number of esters is 2. The molecule has 0 fully saturated rings. The molecule has 2 rings (SSSR count). The Kier molecular flexibility index (Phi) is 10.3. The lowest BCUT2D eigenvalue weighted by atomic mass is 9.77. The van der Waals surface area contributed by atoms with E-state index in [2.05, 4.69) is 0 Å². The van der Waals surface area contributed by atoms with Crippen molar-refractivity contribution in [3.8, 4) is 11.5 Å². The third kappa shape index (κ3) is 8.29. The molecular weight excluding hydrogens is 528 g/mol. The van der Waals surface area contributed by atoms with Crippen molar-refractivity contribution in [3.63, 3.8) is 0 Å². The number of aromatic hydroxyl groups is 2. The first-order chi connectivity index (χ1) is 18.9. The van der Waals surface area contributed by atoms with E-state index >= 15 is 0 Å². The third-order valence-corrected chi connectivity index (χ3v) is 7.78. The number of carbonyl (C=O) groups excluding carboxylic acids is 2. The van der Waals surface area contributed by atoms with Crippen LogP contribution in [0.15, 0.2) is 24.3 Å². The molecule has 0 aliphatic carbocycles. The van der Waals surface area contributed by atoms with Crippen LogP contribution in [0.1, 0.15) is 142 Å². The lowest BCUT2D eigenvalue weighted by molar-refractivity contribution is -0.153. The number of hydrogen-bond acceptors (Lipinski definition) is 6. The van der Waals surface area contributed by atoms with E-state index in [1.807, 2.05) is 107 Å². The molecule has 0 spiro atoms. The van der Waals surface area contributed by atoms with E-state index in [-0.39, 0.29) is 46.4 Å². The summed E-state index contributed by atoms with van der Waals surface area (Å²) in [7, 11) is 0. The molecule has 0 aliphatic rings. The fraction of sp³-hybridized carbons (Fsp3) is 0.611. The second-order valence-corrected chi connectivity index (χ2v) is 15.7. The van der Waals surface area contributed by atoms with Gasteiger partial charge in [-0.25, -0.2) is 0 Å². The Hall–Kier alpha value is -3.02. The smallest absolute Gasteiger partial charge is 0.313 e. The van der Waals surface area contributed by atoms with Gasteiger partial charge in [0.25, 0.3) is 0 Å². The van der Waals surface area contributed by atoms with Gasteiger partial charge in [0.05, 0.1) is 11.8 Å². The molecule has 2 aromatic carbocycles. The lowest BCUT2D eigenvalue weighted by Gasteiger charge is -2.29. The molecule has 6 nitrogen and oxygen atoms in total. The van der Waals surface area contributed by atoms with Gasteiger partial charge in [-0.15, -0.1) is 0 Å². The Morgan fingerprint density at radius 1 is 0.548 bits per heavy atom. The average molecular weight is 583 g/mol. The fourth-order valence-corrected chi connectivity index (χ4v) is 4.91. The van der Waals surface area contributed by atoms with Crippen molar-refractivity contribution in [3.05, 3.63) is 57.6 Å². The summed E-state index contributed by atoms with van der Waals surface area (Å²) in [6.45, 7) is 27.8. The summed E-state index contributed by atoms with van der Waals surface area (Å²) in [5.74, 6) is -1.45. The van der Waals surface area contributed by atoms with E-state index in [1.165, 1.54) is 0 Å². The molecule has 6 heteroatoms. The van der Waals surface area contributed by atoms with Crippen LogP contribution in [0.2, 0.25) is 0 Å². The van der Waals surface area contributed by atoms with Crippen LogP contribution in [0.3, 0.4) is 0 Å².